The monoisotopic (exact) mass is 441 g/mol. The van der Waals surface area contributed by atoms with Crippen molar-refractivity contribution in [3.8, 4) is 0 Å². The Kier molecular flexibility index (Phi) is 6.82. The van der Waals surface area contributed by atoms with E-state index in [-0.39, 0.29) is 30.9 Å². The molecule has 1 amide bonds. The van der Waals surface area contributed by atoms with E-state index in [4.69, 9.17) is 4.74 Å². The van der Waals surface area contributed by atoms with Crippen molar-refractivity contribution in [3.05, 3.63) is 82.1 Å². The van der Waals surface area contributed by atoms with Crippen LogP contribution in [-0.2, 0) is 26.3 Å². The van der Waals surface area contributed by atoms with Gasteiger partial charge in [-0.05, 0) is 48.1 Å². The van der Waals surface area contributed by atoms with Gasteiger partial charge >= 0.3 is 5.97 Å². The van der Waals surface area contributed by atoms with Crippen molar-refractivity contribution in [3.63, 3.8) is 0 Å². The van der Waals surface area contributed by atoms with Gasteiger partial charge in [0.15, 0.2) is 0 Å². The minimum Gasteiger partial charge on any atom is -0.463 e. The number of esters is 1. The fraction of sp³-hybridized carbons (Fsp3) is 0.385. The number of halogens is 2. The number of hydrogen-bond donors (Lipinski definition) is 0. The molecule has 0 spiro atoms. The van der Waals surface area contributed by atoms with E-state index in [0.717, 1.165) is 17.2 Å². The molecule has 0 aromatic heterocycles. The molecule has 1 unspecified atom stereocenters. The lowest BCUT2D eigenvalue weighted by Gasteiger charge is -2.34. The van der Waals surface area contributed by atoms with Gasteiger partial charge in [0.2, 0.25) is 5.91 Å². The van der Waals surface area contributed by atoms with Crippen LogP contribution in [0.2, 0.25) is 0 Å². The van der Waals surface area contributed by atoms with Crippen molar-refractivity contribution in [2.45, 2.75) is 58.9 Å². The van der Waals surface area contributed by atoms with E-state index in [1.54, 1.807) is 13.8 Å². The molecule has 0 saturated heterocycles. The fourth-order valence-electron chi connectivity index (χ4n) is 4.06. The molecule has 0 radical (unpaired) electrons. The highest BCUT2D eigenvalue weighted by molar-refractivity contribution is 5.95. The first-order valence-corrected chi connectivity index (χ1v) is 10.7. The molecule has 1 heterocycles. The van der Waals surface area contributed by atoms with Crippen molar-refractivity contribution in [2.75, 3.05) is 6.61 Å². The fourth-order valence-corrected chi connectivity index (χ4v) is 4.06. The van der Waals surface area contributed by atoms with Gasteiger partial charge in [0.1, 0.15) is 11.6 Å². The van der Waals surface area contributed by atoms with Crippen LogP contribution in [0.3, 0.4) is 0 Å². The van der Waals surface area contributed by atoms with E-state index >= 15 is 0 Å². The molecule has 32 heavy (non-hydrogen) atoms. The van der Waals surface area contributed by atoms with Gasteiger partial charge in [0.25, 0.3) is 0 Å². The maximum absolute atomic E-state index is 13.7. The van der Waals surface area contributed by atoms with Crippen LogP contribution in [-0.4, -0.2) is 23.4 Å². The summed E-state index contributed by atoms with van der Waals surface area (Å²) in [6, 6.07) is 11.1. The van der Waals surface area contributed by atoms with Gasteiger partial charge in [0, 0.05) is 24.1 Å². The summed E-state index contributed by atoms with van der Waals surface area (Å²) >= 11 is 0. The summed E-state index contributed by atoms with van der Waals surface area (Å²) in [5.41, 5.74) is 3.13. The predicted molar refractivity (Wildman–Crippen MR) is 119 cm³/mol. The Balaban J connectivity index is 2.02. The maximum Gasteiger partial charge on any atom is 0.336 e. The van der Waals surface area contributed by atoms with Gasteiger partial charge in [-0.2, -0.15) is 0 Å². The Morgan fingerprint density at radius 2 is 1.69 bits per heavy atom. The number of allylic oxidation sites excluding steroid dienone is 1. The largest absolute Gasteiger partial charge is 0.463 e. The Morgan fingerprint density at radius 3 is 2.22 bits per heavy atom. The highest BCUT2D eigenvalue weighted by Crippen LogP contribution is 2.38. The Morgan fingerprint density at radius 1 is 1.09 bits per heavy atom. The second kappa shape index (κ2) is 9.23. The first-order valence-electron chi connectivity index (χ1n) is 10.7. The van der Waals surface area contributed by atoms with Gasteiger partial charge in [0.05, 0.1) is 18.7 Å². The number of ether oxygens (including phenoxy) is 1. The molecule has 0 saturated carbocycles. The number of rotatable bonds is 5. The molecule has 1 aliphatic heterocycles. The topological polar surface area (TPSA) is 46.6 Å². The second-order valence-electron chi connectivity index (χ2n) is 9.11. The predicted octanol–water partition coefficient (Wildman–Crippen LogP) is 5.62. The third-order valence-electron chi connectivity index (χ3n) is 5.76. The molecule has 170 valence electrons. The Labute approximate surface area is 187 Å². The van der Waals surface area contributed by atoms with Gasteiger partial charge in [-0.15, -0.1) is 0 Å². The van der Waals surface area contributed by atoms with Crippen LogP contribution >= 0.6 is 0 Å². The lowest BCUT2D eigenvalue weighted by atomic mass is 9.81. The lowest BCUT2D eigenvalue weighted by Crippen LogP contribution is -2.38. The van der Waals surface area contributed by atoms with Gasteiger partial charge in [-0.1, -0.05) is 45.0 Å². The van der Waals surface area contributed by atoms with Crippen LogP contribution in [0.15, 0.2) is 53.7 Å². The van der Waals surface area contributed by atoms with Crippen LogP contribution in [0.5, 0.6) is 0 Å². The molecule has 4 nitrogen and oxygen atoms in total. The summed E-state index contributed by atoms with van der Waals surface area (Å²) in [5, 5.41) is 0. The molecule has 0 fully saturated rings. The van der Waals surface area contributed by atoms with E-state index in [2.05, 4.69) is 20.8 Å². The summed E-state index contributed by atoms with van der Waals surface area (Å²) in [5.74, 6) is -2.58. The number of nitrogens with zero attached hydrogens (tertiary/aromatic N) is 1. The lowest BCUT2D eigenvalue weighted by molar-refractivity contribution is -0.140. The molecule has 2 aromatic carbocycles. The number of carbonyl (C=O) groups excluding carboxylic acids is 2. The van der Waals surface area contributed by atoms with Crippen molar-refractivity contribution < 1.29 is 23.1 Å². The van der Waals surface area contributed by atoms with Crippen molar-refractivity contribution in [2.24, 2.45) is 0 Å². The third kappa shape index (κ3) is 5.06. The number of benzene rings is 2. The number of hydrogen-bond acceptors (Lipinski definition) is 3. The van der Waals surface area contributed by atoms with Crippen molar-refractivity contribution >= 4 is 11.9 Å². The Bertz CT molecular complexity index is 1030. The van der Waals surface area contributed by atoms with Crippen LogP contribution < -0.4 is 0 Å². The SMILES string of the molecule is CCOC(=O)C1=C(C)N(Cc2cc(F)cc(F)c2)C(=O)CC1c1ccc(C(C)(C)C)cc1. The molecule has 0 N–H and O–H groups in total. The number of carbonyl (C=O) groups is 2. The zero-order chi connectivity index (χ0) is 23.6. The highest BCUT2D eigenvalue weighted by Gasteiger charge is 2.37. The molecule has 6 heteroatoms. The second-order valence-corrected chi connectivity index (χ2v) is 9.11. The van der Waals surface area contributed by atoms with E-state index in [1.165, 1.54) is 17.0 Å². The molecular weight excluding hydrogens is 412 g/mol. The summed E-state index contributed by atoms with van der Waals surface area (Å²) in [6.07, 6.45) is 0.0676. The standard InChI is InChI=1S/C26H29F2NO3/c1-6-32-25(31)24-16(2)29(15-17-11-20(27)13-21(28)12-17)23(30)14-22(24)18-7-9-19(10-8-18)26(3,4)5/h7-13,22H,6,14-15H2,1-5H3. The van der Waals surface area contributed by atoms with Gasteiger partial charge in [-0.3, -0.25) is 4.79 Å². The van der Waals surface area contributed by atoms with E-state index < -0.39 is 23.5 Å². The summed E-state index contributed by atoms with van der Waals surface area (Å²) in [4.78, 5) is 27.4. The van der Waals surface area contributed by atoms with E-state index in [1.807, 2.05) is 24.3 Å². The average Bonchev–Trinajstić information content (AvgIpc) is 2.69. The summed E-state index contributed by atoms with van der Waals surface area (Å²) < 4.78 is 32.6. The number of amides is 1. The smallest absolute Gasteiger partial charge is 0.336 e. The average molecular weight is 442 g/mol. The molecular formula is C26H29F2NO3. The molecule has 1 atom stereocenters. The van der Waals surface area contributed by atoms with Gasteiger partial charge in [-0.25, -0.2) is 13.6 Å². The van der Waals surface area contributed by atoms with Crippen LogP contribution in [0.4, 0.5) is 8.78 Å². The van der Waals surface area contributed by atoms with Crippen LogP contribution in [0, 0.1) is 11.6 Å². The molecule has 0 bridgehead atoms. The minimum absolute atomic E-state index is 0.0202. The zero-order valence-electron chi connectivity index (χ0n) is 19.2. The summed E-state index contributed by atoms with van der Waals surface area (Å²) in [6.45, 7) is 9.93. The Hall–Kier alpha value is -3.02. The molecule has 2 aromatic rings. The maximum atomic E-state index is 13.7. The zero-order valence-corrected chi connectivity index (χ0v) is 19.2. The highest BCUT2D eigenvalue weighted by atomic mass is 19.1. The molecule has 1 aliphatic rings. The van der Waals surface area contributed by atoms with Gasteiger partial charge < -0.3 is 9.64 Å². The van der Waals surface area contributed by atoms with Crippen LogP contribution in [0.25, 0.3) is 0 Å². The first kappa shape index (κ1) is 23.6. The van der Waals surface area contributed by atoms with E-state index in [0.29, 0.717) is 16.8 Å². The molecule has 3 rings (SSSR count). The normalized spacial score (nSPS) is 17.0. The van der Waals surface area contributed by atoms with E-state index in [9.17, 15) is 18.4 Å². The summed E-state index contributed by atoms with van der Waals surface area (Å²) in [7, 11) is 0. The van der Waals surface area contributed by atoms with Crippen molar-refractivity contribution in [1.29, 1.82) is 0 Å². The first-order chi connectivity index (χ1) is 15.0. The third-order valence-corrected chi connectivity index (χ3v) is 5.76. The quantitative estimate of drug-likeness (QED) is 0.566. The molecule has 0 aliphatic carbocycles. The minimum atomic E-state index is -0.714. The van der Waals surface area contributed by atoms with Crippen molar-refractivity contribution in [1.82, 2.24) is 4.90 Å². The van der Waals surface area contributed by atoms with Crippen LogP contribution in [0.1, 0.15) is 63.6 Å².